The summed E-state index contributed by atoms with van der Waals surface area (Å²) < 4.78 is 0. The van der Waals surface area contributed by atoms with Crippen LogP contribution in [0.25, 0.3) is 11.4 Å². The number of nitrogens with zero attached hydrogens (tertiary/aromatic N) is 5. The monoisotopic (exact) mass is 317 g/mol. The lowest BCUT2D eigenvalue weighted by molar-refractivity contribution is -0.146. The average Bonchev–Trinajstić information content (AvgIpc) is 3.03. The molecule has 1 amide bonds. The molecule has 1 aromatic heterocycles. The minimum atomic E-state index is -1.05. The Morgan fingerprint density at radius 1 is 1.30 bits per heavy atom. The summed E-state index contributed by atoms with van der Waals surface area (Å²) in [7, 11) is 0. The fourth-order valence-corrected chi connectivity index (χ4v) is 2.16. The van der Waals surface area contributed by atoms with Crippen LogP contribution in [0.15, 0.2) is 30.3 Å². The largest absolute Gasteiger partial charge is 0.480 e. The van der Waals surface area contributed by atoms with E-state index in [0.717, 1.165) is 5.56 Å². The summed E-state index contributed by atoms with van der Waals surface area (Å²) in [6, 6.07) is 8.59. The van der Waals surface area contributed by atoms with Crippen molar-refractivity contribution in [3.05, 3.63) is 30.3 Å². The smallest absolute Gasteiger partial charge is 0.323 e. The van der Waals surface area contributed by atoms with Crippen molar-refractivity contribution >= 4 is 11.9 Å². The Kier molecular flexibility index (Phi) is 5.40. The molecule has 0 aliphatic heterocycles. The third-order valence-electron chi connectivity index (χ3n) is 3.30. The number of carboxylic acids is 1. The van der Waals surface area contributed by atoms with Crippen molar-refractivity contribution in [2.24, 2.45) is 0 Å². The number of rotatable bonds is 7. The first-order valence-corrected chi connectivity index (χ1v) is 7.38. The van der Waals surface area contributed by atoms with Crippen LogP contribution in [0.3, 0.4) is 0 Å². The van der Waals surface area contributed by atoms with Gasteiger partial charge in [-0.15, -0.1) is 10.2 Å². The Morgan fingerprint density at radius 3 is 2.61 bits per heavy atom. The van der Waals surface area contributed by atoms with Crippen LogP contribution >= 0.6 is 0 Å². The van der Waals surface area contributed by atoms with E-state index in [-0.39, 0.29) is 12.5 Å². The number of benzene rings is 1. The van der Waals surface area contributed by atoms with Gasteiger partial charge in [-0.05, 0) is 18.6 Å². The number of carbonyl (C=O) groups excluding carboxylic acids is 1. The van der Waals surface area contributed by atoms with Crippen LogP contribution in [0.2, 0.25) is 0 Å². The Labute approximate surface area is 133 Å². The molecule has 2 rings (SSSR count). The van der Waals surface area contributed by atoms with E-state index in [0.29, 0.717) is 18.8 Å². The van der Waals surface area contributed by atoms with Crippen molar-refractivity contribution in [1.82, 2.24) is 25.1 Å². The summed E-state index contributed by atoms with van der Waals surface area (Å²) in [4.78, 5) is 25.8. The molecule has 23 heavy (non-hydrogen) atoms. The zero-order valence-corrected chi connectivity index (χ0v) is 13.1. The van der Waals surface area contributed by atoms with E-state index < -0.39 is 12.0 Å². The minimum absolute atomic E-state index is 0.336. The van der Waals surface area contributed by atoms with Gasteiger partial charge in [-0.1, -0.05) is 37.3 Å². The average molecular weight is 317 g/mol. The second-order valence-electron chi connectivity index (χ2n) is 5.13. The summed E-state index contributed by atoms with van der Waals surface area (Å²) in [6.45, 7) is 3.55. The maximum absolute atomic E-state index is 12.4. The van der Waals surface area contributed by atoms with Crippen LogP contribution in [-0.4, -0.2) is 55.2 Å². The second-order valence-corrected chi connectivity index (χ2v) is 5.13. The third-order valence-corrected chi connectivity index (χ3v) is 3.30. The van der Waals surface area contributed by atoms with Gasteiger partial charge in [-0.2, -0.15) is 4.80 Å². The van der Waals surface area contributed by atoms with E-state index >= 15 is 0 Å². The molecule has 0 saturated heterocycles. The molecule has 1 heterocycles. The standard InChI is InChI=1S/C15H19N5O3/c1-3-9-19(10-13(21)22)15(23)11(2)20-17-14(16-18-20)12-7-5-4-6-8-12/h4-8,11H,3,9-10H2,1-2H3,(H,21,22). The molecule has 2 aromatic rings. The van der Waals surface area contributed by atoms with E-state index in [2.05, 4.69) is 15.4 Å². The third kappa shape index (κ3) is 4.12. The molecule has 0 saturated carbocycles. The first kappa shape index (κ1) is 16.6. The number of aliphatic carboxylic acids is 1. The number of aromatic nitrogens is 4. The lowest BCUT2D eigenvalue weighted by atomic mass is 10.2. The van der Waals surface area contributed by atoms with Crippen molar-refractivity contribution in [3.8, 4) is 11.4 Å². The fourth-order valence-electron chi connectivity index (χ4n) is 2.16. The molecule has 122 valence electrons. The van der Waals surface area contributed by atoms with E-state index in [1.165, 1.54) is 9.70 Å². The Bertz CT molecular complexity index is 671. The first-order chi connectivity index (χ1) is 11.0. The van der Waals surface area contributed by atoms with Gasteiger partial charge in [0.25, 0.3) is 0 Å². The van der Waals surface area contributed by atoms with Gasteiger partial charge >= 0.3 is 5.97 Å². The van der Waals surface area contributed by atoms with Crippen molar-refractivity contribution in [3.63, 3.8) is 0 Å². The molecule has 8 heteroatoms. The van der Waals surface area contributed by atoms with Gasteiger partial charge in [0, 0.05) is 12.1 Å². The number of hydrogen-bond donors (Lipinski definition) is 1. The van der Waals surface area contributed by atoms with Crippen LogP contribution in [-0.2, 0) is 9.59 Å². The quantitative estimate of drug-likeness (QED) is 0.824. The molecule has 1 aromatic carbocycles. The van der Waals surface area contributed by atoms with Gasteiger partial charge in [0.05, 0.1) is 0 Å². The van der Waals surface area contributed by atoms with Crippen molar-refractivity contribution in [2.45, 2.75) is 26.3 Å². The summed E-state index contributed by atoms with van der Waals surface area (Å²) >= 11 is 0. The molecule has 1 unspecified atom stereocenters. The van der Waals surface area contributed by atoms with E-state index in [1.54, 1.807) is 6.92 Å². The molecule has 0 radical (unpaired) electrons. The first-order valence-electron chi connectivity index (χ1n) is 7.38. The van der Waals surface area contributed by atoms with Gasteiger partial charge in [0.2, 0.25) is 11.7 Å². The number of carbonyl (C=O) groups is 2. The summed E-state index contributed by atoms with van der Waals surface area (Å²) in [5.41, 5.74) is 0.800. The molecule has 1 atom stereocenters. The van der Waals surface area contributed by atoms with Crippen LogP contribution in [0, 0.1) is 0 Å². The fraction of sp³-hybridized carbons (Fsp3) is 0.400. The highest BCUT2D eigenvalue weighted by molar-refractivity contribution is 5.83. The molecule has 0 spiro atoms. The lowest BCUT2D eigenvalue weighted by Gasteiger charge is -2.22. The summed E-state index contributed by atoms with van der Waals surface area (Å²) in [5.74, 6) is -0.965. The molecular formula is C15H19N5O3. The Morgan fingerprint density at radius 2 is 2.00 bits per heavy atom. The number of hydrogen-bond acceptors (Lipinski definition) is 5. The Balaban J connectivity index is 2.16. The van der Waals surface area contributed by atoms with Gasteiger partial charge in [0.15, 0.2) is 0 Å². The van der Waals surface area contributed by atoms with Gasteiger partial charge in [-0.25, -0.2) is 0 Å². The molecule has 1 N–H and O–H groups in total. The SMILES string of the molecule is CCCN(CC(=O)O)C(=O)C(C)n1nnc(-c2ccccc2)n1. The lowest BCUT2D eigenvalue weighted by Crippen LogP contribution is -2.40. The zero-order valence-electron chi connectivity index (χ0n) is 13.1. The maximum atomic E-state index is 12.4. The van der Waals surface area contributed by atoms with Gasteiger partial charge in [-0.3, -0.25) is 9.59 Å². The minimum Gasteiger partial charge on any atom is -0.480 e. The molecule has 0 bridgehead atoms. The highest BCUT2D eigenvalue weighted by Crippen LogP contribution is 2.14. The molecule has 0 aliphatic rings. The van der Waals surface area contributed by atoms with Crippen LogP contribution in [0.5, 0.6) is 0 Å². The second kappa shape index (κ2) is 7.48. The van der Waals surface area contributed by atoms with E-state index in [4.69, 9.17) is 5.11 Å². The van der Waals surface area contributed by atoms with E-state index in [1.807, 2.05) is 37.3 Å². The highest BCUT2D eigenvalue weighted by Gasteiger charge is 2.25. The predicted molar refractivity (Wildman–Crippen MR) is 82.5 cm³/mol. The Hall–Kier alpha value is -2.77. The zero-order chi connectivity index (χ0) is 16.8. The summed E-state index contributed by atoms with van der Waals surface area (Å²) in [6.07, 6.45) is 0.672. The number of amides is 1. The van der Waals surface area contributed by atoms with Crippen molar-refractivity contribution in [1.29, 1.82) is 0 Å². The predicted octanol–water partition coefficient (Wildman–Crippen LogP) is 1.22. The maximum Gasteiger partial charge on any atom is 0.323 e. The van der Waals surface area contributed by atoms with Crippen molar-refractivity contribution < 1.29 is 14.7 Å². The number of tetrazole rings is 1. The van der Waals surface area contributed by atoms with Crippen LogP contribution in [0.4, 0.5) is 0 Å². The van der Waals surface area contributed by atoms with Crippen LogP contribution < -0.4 is 0 Å². The van der Waals surface area contributed by atoms with Gasteiger partial charge < -0.3 is 10.0 Å². The molecular weight excluding hydrogens is 298 g/mol. The highest BCUT2D eigenvalue weighted by atomic mass is 16.4. The van der Waals surface area contributed by atoms with Crippen molar-refractivity contribution in [2.75, 3.05) is 13.1 Å². The molecule has 0 aliphatic carbocycles. The molecule has 8 nitrogen and oxygen atoms in total. The van der Waals surface area contributed by atoms with E-state index in [9.17, 15) is 9.59 Å². The topological polar surface area (TPSA) is 101 Å². The summed E-state index contributed by atoms with van der Waals surface area (Å²) in [5, 5.41) is 21.0. The van der Waals surface area contributed by atoms with Gasteiger partial charge in [0.1, 0.15) is 12.6 Å². The van der Waals surface area contributed by atoms with Crippen LogP contribution in [0.1, 0.15) is 26.3 Å². The number of carboxylic acid groups (broad SMARTS) is 1. The molecule has 0 fully saturated rings. The normalized spacial score (nSPS) is 11.9.